The molecule has 6 heteroatoms. The van der Waals surface area contributed by atoms with Crippen LogP contribution < -0.4 is 15.4 Å². The molecular weight excluding hydrogens is 251 g/mol. The molecule has 104 valence electrons. The number of nitrogens with two attached hydrogens (primary N) is 1. The van der Waals surface area contributed by atoms with Gasteiger partial charge in [0, 0.05) is 19.7 Å². The predicted molar refractivity (Wildman–Crippen MR) is 68.7 cm³/mol. The Bertz CT molecular complexity index is 483. The SMILES string of the molecule is COc1ccc(F)cc1N(C)C(=O)C1(CN)COC1. The molecule has 0 bridgehead atoms. The van der Waals surface area contributed by atoms with Crippen molar-refractivity contribution in [3.8, 4) is 5.75 Å². The van der Waals surface area contributed by atoms with Gasteiger partial charge in [0.15, 0.2) is 0 Å². The molecule has 2 N–H and O–H groups in total. The second-order valence-corrected chi connectivity index (χ2v) is 4.66. The third kappa shape index (κ3) is 2.29. The Kier molecular flexibility index (Phi) is 3.73. The summed E-state index contributed by atoms with van der Waals surface area (Å²) < 4.78 is 23.6. The molecule has 1 aromatic carbocycles. The minimum atomic E-state index is -0.702. The van der Waals surface area contributed by atoms with Crippen LogP contribution in [0.4, 0.5) is 10.1 Å². The summed E-state index contributed by atoms with van der Waals surface area (Å²) in [4.78, 5) is 13.8. The highest BCUT2D eigenvalue weighted by Crippen LogP contribution is 2.34. The van der Waals surface area contributed by atoms with Gasteiger partial charge in [-0.25, -0.2) is 4.39 Å². The van der Waals surface area contributed by atoms with E-state index in [9.17, 15) is 9.18 Å². The number of benzene rings is 1. The van der Waals surface area contributed by atoms with Crippen LogP contribution in [0.1, 0.15) is 0 Å². The topological polar surface area (TPSA) is 64.8 Å². The normalized spacial score (nSPS) is 16.6. The average molecular weight is 268 g/mol. The van der Waals surface area contributed by atoms with E-state index in [1.165, 1.54) is 30.2 Å². The maximum Gasteiger partial charge on any atom is 0.239 e. The van der Waals surface area contributed by atoms with Crippen LogP contribution in [0.2, 0.25) is 0 Å². The Labute approximate surface area is 111 Å². The minimum absolute atomic E-state index is 0.190. The second-order valence-electron chi connectivity index (χ2n) is 4.66. The second kappa shape index (κ2) is 5.14. The molecule has 5 nitrogen and oxygen atoms in total. The fourth-order valence-corrected chi connectivity index (χ4v) is 2.07. The number of nitrogens with zero attached hydrogens (tertiary/aromatic N) is 1. The number of carbonyl (C=O) groups is 1. The predicted octanol–water partition coefficient (Wildman–Crippen LogP) is 0.772. The number of hydrogen-bond acceptors (Lipinski definition) is 4. The number of ether oxygens (including phenoxy) is 2. The zero-order valence-electron chi connectivity index (χ0n) is 11.0. The van der Waals surface area contributed by atoms with Gasteiger partial charge in [-0.05, 0) is 12.1 Å². The minimum Gasteiger partial charge on any atom is -0.495 e. The lowest BCUT2D eigenvalue weighted by Crippen LogP contribution is -2.58. The van der Waals surface area contributed by atoms with Crippen LogP contribution in [0.5, 0.6) is 5.75 Å². The van der Waals surface area contributed by atoms with Gasteiger partial charge in [-0.1, -0.05) is 0 Å². The lowest BCUT2D eigenvalue weighted by Gasteiger charge is -2.41. The van der Waals surface area contributed by atoms with Crippen molar-refractivity contribution in [3.63, 3.8) is 0 Å². The number of anilines is 1. The Balaban J connectivity index is 2.31. The van der Waals surface area contributed by atoms with E-state index >= 15 is 0 Å². The van der Waals surface area contributed by atoms with Gasteiger partial charge in [0.2, 0.25) is 5.91 Å². The maximum absolute atomic E-state index is 13.3. The first-order valence-corrected chi connectivity index (χ1v) is 5.93. The van der Waals surface area contributed by atoms with E-state index in [4.69, 9.17) is 15.2 Å². The Morgan fingerprint density at radius 2 is 2.26 bits per heavy atom. The van der Waals surface area contributed by atoms with E-state index < -0.39 is 11.2 Å². The van der Waals surface area contributed by atoms with E-state index in [2.05, 4.69) is 0 Å². The van der Waals surface area contributed by atoms with Crippen LogP contribution in [0, 0.1) is 11.2 Å². The first-order valence-electron chi connectivity index (χ1n) is 5.93. The largest absolute Gasteiger partial charge is 0.495 e. The van der Waals surface area contributed by atoms with Gasteiger partial charge in [0.1, 0.15) is 17.0 Å². The van der Waals surface area contributed by atoms with Crippen LogP contribution in [0.3, 0.4) is 0 Å². The summed E-state index contributed by atoms with van der Waals surface area (Å²) in [6.45, 7) is 0.794. The molecule has 0 spiro atoms. The van der Waals surface area contributed by atoms with Crippen LogP contribution in [-0.2, 0) is 9.53 Å². The monoisotopic (exact) mass is 268 g/mol. The van der Waals surface area contributed by atoms with Crippen molar-refractivity contribution in [2.24, 2.45) is 11.1 Å². The summed E-state index contributed by atoms with van der Waals surface area (Å²) in [6, 6.07) is 4.03. The fraction of sp³-hybridized carbons (Fsp3) is 0.462. The standard InChI is InChI=1S/C13H17FN2O3/c1-16(12(17)13(6-15)7-19-8-13)10-5-9(14)3-4-11(10)18-2/h3-5H,6-8,15H2,1-2H3. The van der Waals surface area contributed by atoms with Gasteiger partial charge < -0.3 is 20.1 Å². The number of methoxy groups -OCH3 is 1. The summed E-state index contributed by atoms with van der Waals surface area (Å²) in [5.74, 6) is -0.183. The zero-order valence-corrected chi connectivity index (χ0v) is 11.0. The van der Waals surface area contributed by atoms with Crippen LogP contribution >= 0.6 is 0 Å². The molecule has 1 saturated heterocycles. The highest BCUT2D eigenvalue weighted by Gasteiger charge is 2.46. The van der Waals surface area contributed by atoms with Crippen molar-refractivity contribution in [1.29, 1.82) is 0 Å². The molecule has 1 fully saturated rings. The van der Waals surface area contributed by atoms with E-state index in [1.54, 1.807) is 7.05 Å². The van der Waals surface area contributed by atoms with Crippen molar-refractivity contribution in [1.82, 2.24) is 0 Å². The summed E-state index contributed by atoms with van der Waals surface area (Å²) in [5.41, 5.74) is 5.33. The molecule has 1 amide bonds. The molecule has 1 aliphatic heterocycles. The van der Waals surface area contributed by atoms with E-state index in [1.807, 2.05) is 0 Å². The number of halogens is 1. The van der Waals surface area contributed by atoms with E-state index in [0.29, 0.717) is 24.7 Å². The third-order valence-corrected chi connectivity index (χ3v) is 3.41. The van der Waals surface area contributed by atoms with Crippen LogP contribution in [0.25, 0.3) is 0 Å². The van der Waals surface area contributed by atoms with Crippen molar-refractivity contribution in [2.45, 2.75) is 0 Å². The number of rotatable bonds is 4. The van der Waals surface area contributed by atoms with Gasteiger partial charge in [0.05, 0.1) is 26.0 Å². The number of amides is 1. The van der Waals surface area contributed by atoms with Crippen molar-refractivity contribution in [2.75, 3.05) is 38.8 Å². The molecule has 2 rings (SSSR count). The average Bonchev–Trinajstić information content (AvgIpc) is 2.37. The quantitative estimate of drug-likeness (QED) is 0.876. The van der Waals surface area contributed by atoms with Crippen molar-refractivity contribution in [3.05, 3.63) is 24.0 Å². The Hall–Kier alpha value is -1.66. The first-order chi connectivity index (χ1) is 9.04. The van der Waals surface area contributed by atoms with Crippen LogP contribution in [0.15, 0.2) is 18.2 Å². The molecule has 1 aromatic rings. The summed E-state index contributed by atoms with van der Waals surface area (Å²) in [5, 5.41) is 0. The van der Waals surface area contributed by atoms with Crippen molar-refractivity contribution < 1.29 is 18.7 Å². The maximum atomic E-state index is 13.3. The lowest BCUT2D eigenvalue weighted by atomic mass is 9.84. The Morgan fingerprint density at radius 3 is 2.74 bits per heavy atom. The number of carbonyl (C=O) groups excluding carboxylic acids is 1. The molecule has 0 atom stereocenters. The summed E-state index contributed by atoms with van der Waals surface area (Å²) in [7, 11) is 3.05. The van der Waals surface area contributed by atoms with Crippen molar-refractivity contribution >= 4 is 11.6 Å². The molecule has 1 heterocycles. The summed E-state index contributed by atoms with van der Waals surface area (Å²) >= 11 is 0. The van der Waals surface area contributed by atoms with Gasteiger partial charge in [-0.3, -0.25) is 4.79 Å². The first kappa shape index (κ1) is 13.8. The molecular formula is C13H17FN2O3. The smallest absolute Gasteiger partial charge is 0.239 e. The van der Waals surface area contributed by atoms with Gasteiger partial charge >= 0.3 is 0 Å². The molecule has 0 aliphatic carbocycles. The van der Waals surface area contributed by atoms with Crippen LogP contribution in [-0.4, -0.2) is 39.8 Å². The molecule has 0 saturated carbocycles. The molecule has 19 heavy (non-hydrogen) atoms. The van der Waals surface area contributed by atoms with E-state index in [0.717, 1.165) is 0 Å². The molecule has 0 aromatic heterocycles. The highest BCUT2D eigenvalue weighted by molar-refractivity contribution is 5.99. The third-order valence-electron chi connectivity index (χ3n) is 3.41. The van der Waals surface area contributed by atoms with Gasteiger partial charge in [-0.2, -0.15) is 0 Å². The lowest BCUT2D eigenvalue weighted by molar-refractivity contribution is -0.156. The molecule has 0 radical (unpaired) electrons. The highest BCUT2D eigenvalue weighted by atomic mass is 19.1. The molecule has 1 aliphatic rings. The fourth-order valence-electron chi connectivity index (χ4n) is 2.07. The van der Waals surface area contributed by atoms with E-state index in [-0.39, 0.29) is 12.5 Å². The Morgan fingerprint density at radius 1 is 1.58 bits per heavy atom. The zero-order chi connectivity index (χ0) is 14.0. The molecule has 0 unspecified atom stereocenters. The summed E-state index contributed by atoms with van der Waals surface area (Å²) in [6.07, 6.45) is 0. The van der Waals surface area contributed by atoms with Gasteiger partial charge in [-0.15, -0.1) is 0 Å². The van der Waals surface area contributed by atoms with Gasteiger partial charge in [0.25, 0.3) is 0 Å². The number of hydrogen-bond donors (Lipinski definition) is 1.